The number of fused-ring (bicyclic) bond motifs is 4. The van der Waals surface area contributed by atoms with E-state index in [1.807, 2.05) is 66.7 Å². The highest BCUT2D eigenvalue weighted by Crippen LogP contribution is 2.33. The second kappa shape index (κ2) is 7.85. The van der Waals surface area contributed by atoms with E-state index in [2.05, 4.69) is 46.4 Å². The molecule has 0 aliphatic rings. The molecule has 0 bridgehead atoms. The van der Waals surface area contributed by atoms with Gasteiger partial charge in [-0.3, -0.25) is 4.98 Å². The molecule has 4 aromatic carbocycles. The summed E-state index contributed by atoms with van der Waals surface area (Å²) in [5.41, 5.74) is 5.93. The fourth-order valence-corrected chi connectivity index (χ4v) is 4.44. The molecule has 5 nitrogen and oxygen atoms in total. The summed E-state index contributed by atoms with van der Waals surface area (Å²) < 4.78 is 5.88. The molecule has 5 heteroatoms. The van der Waals surface area contributed by atoms with E-state index in [1.54, 1.807) is 6.20 Å². The molecule has 0 fully saturated rings. The summed E-state index contributed by atoms with van der Waals surface area (Å²) >= 11 is 0. The summed E-state index contributed by atoms with van der Waals surface area (Å²) in [7, 11) is 0. The van der Waals surface area contributed by atoms with Crippen LogP contribution in [0.2, 0.25) is 0 Å². The maximum Gasteiger partial charge on any atom is 0.246 e. The number of hydrogen-bond acceptors (Lipinski definition) is 5. The van der Waals surface area contributed by atoms with Gasteiger partial charge in [-0.25, -0.2) is 15.0 Å². The summed E-state index contributed by atoms with van der Waals surface area (Å²) in [6.45, 7) is 0. The molecular formula is C30H18N4O. The Morgan fingerprint density at radius 1 is 0.571 bits per heavy atom. The maximum atomic E-state index is 5.88. The van der Waals surface area contributed by atoms with E-state index in [9.17, 15) is 0 Å². The Hall–Kier alpha value is -4.90. The van der Waals surface area contributed by atoms with E-state index in [0.717, 1.165) is 49.6 Å². The monoisotopic (exact) mass is 450 g/mol. The number of hydrogen-bond donors (Lipinski definition) is 0. The molecule has 35 heavy (non-hydrogen) atoms. The third-order valence-electron chi connectivity index (χ3n) is 6.17. The first-order valence-electron chi connectivity index (χ1n) is 11.4. The van der Waals surface area contributed by atoms with Crippen molar-refractivity contribution in [2.45, 2.75) is 0 Å². The van der Waals surface area contributed by atoms with Crippen molar-refractivity contribution < 1.29 is 4.42 Å². The van der Waals surface area contributed by atoms with Crippen LogP contribution in [0.3, 0.4) is 0 Å². The smallest absolute Gasteiger partial charge is 0.246 e. The quantitative estimate of drug-likeness (QED) is 0.264. The van der Waals surface area contributed by atoms with Crippen molar-refractivity contribution in [2.75, 3.05) is 0 Å². The molecule has 0 aliphatic carbocycles. The van der Waals surface area contributed by atoms with Crippen LogP contribution in [0, 0.1) is 0 Å². The van der Waals surface area contributed by atoms with Gasteiger partial charge in [-0.05, 0) is 35.7 Å². The molecule has 0 aliphatic heterocycles. The first-order chi connectivity index (χ1) is 17.3. The van der Waals surface area contributed by atoms with Crippen molar-refractivity contribution in [3.63, 3.8) is 0 Å². The standard InChI is InChI=1S/C30H18N4O/c1-2-9-20(10-3-1)27-23-16-14-19-8-4-5-11-22(19)28(23)34-29(33-27)21-15-17-25(31-18-21)30-32-24-12-6-7-13-26(24)35-30/h1-18H. The van der Waals surface area contributed by atoms with Crippen LogP contribution in [-0.2, 0) is 0 Å². The van der Waals surface area contributed by atoms with Crippen molar-refractivity contribution in [2.24, 2.45) is 0 Å². The zero-order chi connectivity index (χ0) is 23.2. The lowest BCUT2D eigenvalue weighted by atomic mass is 10.0. The van der Waals surface area contributed by atoms with Gasteiger partial charge in [-0.15, -0.1) is 0 Å². The highest BCUT2D eigenvalue weighted by molar-refractivity contribution is 6.09. The van der Waals surface area contributed by atoms with Crippen LogP contribution in [-0.4, -0.2) is 19.9 Å². The molecule has 3 heterocycles. The molecular weight excluding hydrogens is 432 g/mol. The van der Waals surface area contributed by atoms with Crippen molar-refractivity contribution >= 4 is 32.8 Å². The minimum absolute atomic E-state index is 0.494. The highest BCUT2D eigenvalue weighted by Gasteiger charge is 2.15. The van der Waals surface area contributed by atoms with E-state index < -0.39 is 0 Å². The topological polar surface area (TPSA) is 64.7 Å². The van der Waals surface area contributed by atoms with Gasteiger partial charge in [0.25, 0.3) is 0 Å². The van der Waals surface area contributed by atoms with Crippen LogP contribution in [0.4, 0.5) is 0 Å². The molecule has 3 aromatic heterocycles. The Kier molecular flexibility index (Phi) is 4.39. The number of aromatic nitrogens is 4. The van der Waals surface area contributed by atoms with Crippen molar-refractivity contribution in [1.82, 2.24) is 19.9 Å². The number of pyridine rings is 1. The van der Waals surface area contributed by atoms with Crippen molar-refractivity contribution in [3.8, 4) is 34.2 Å². The van der Waals surface area contributed by atoms with Gasteiger partial charge >= 0.3 is 0 Å². The minimum atomic E-state index is 0.494. The highest BCUT2D eigenvalue weighted by atomic mass is 16.3. The molecule has 0 spiro atoms. The predicted octanol–water partition coefficient (Wildman–Crippen LogP) is 7.32. The molecule has 0 amide bonds. The maximum absolute atomic E-state index is 5.88. The van der Waals surface area contributed by atoms with Gasteiger partial charge in [-0.2, -0.15) is 0 Å². The zero-order valence-corrected chi connectivity index (χ0v) is 18.6. The Balaban J connectivity index is 1.40. The number of para-hydroxylation sites is 2. The first kappa shape index (κ1) is 19.6. The second-order valence-electron chi connectivity index (χ2n) is 8.36. The predicted molar refractivity (Wildman–Crippen MR) is 139 cm³/mol. The molecule has 0 N–H and O–H groups in total. The minimum Gasteiger partial charge on any atom is -0.435 e. The van der Waals surface area contributed by atoms with Gasteiger partial charge in [0.15, 0.2) is 11.4 Å². The second-order valence-corrected chi connectivity index (χ2v) is 8.36. The largest absolute Gasteiger partial charge is 0.435 e. The Morgan fingerprint density at radius 2 is 1.40 bits per heavy atom. The third-order valence-corrected chi connectivity index (χ3v) is 6.17. The Morgan fingerprint density at radius 3 is 2.26 bits per heavy atom. The van der Waals surface area contributed by atoms with Gasteiger partial charge in [0.05, 0.1) is 11.2 Å². The van der Waals surface area contributed by atoms with Crippen LogP contribution >= 0.6 is 0 Å². The molecule has 7 aromatic rings. The van der Waals surface area contributed by atoms with Crippen molar-refractivity contribution in [1.29, 1.82) is 0 Å². The summed E-state index contributed by atoms with van der Waals surface area (Å²) in [5.74, 6) is 1.12. The van der Waals surface area contributed by atoms with Gasteiger partial charge < -0.3 is 4.42 Å². The summed E-state index contributed by atoms with van der Waals surface area (Å²) in [6.07, 6.45) is 1.78. The fraction of sp³-hybridized carbons (Fsp3) is 0. The van der Waals surface area contributed by atoms with Gasteiger partial charge in [0, 0.05) is 28.1 Å². The number of oxazole rings is 1. The lowest BCUT2D eigenvalue weighted by Gasteiger charge is -2.11. The van der Waals surface area contributed by atoms with E-state index in [0.29, 0.717) is 17.4 Å². The summed E-state index contributed by atoms with van der Waals surface area (Å²) in [4.78, 5) is 19.2. The SMILES string of the molecule is c1ccc(-c2nc(-c3ccc(-c4nc5ccccc5o4)nc3)nc3c2ccc2ccccc23)cc1. The molecule has 0 radical (unpaired) electrons. The van der Waals surface area contributed by atoms with Gasteiger partial charge in [0.1, 0.15) is 11.2 Å². The van der Waals surface area contributed by atoms with Crippen LogP contribution in [0.5, 0.6) is 0 Å². The number of rotatable bonds is 3. The van der Waals surface area contributed by atoms with E-state index in [4.69, 9.17) is 14.4 Å². The Labute approximate surface area is 200 Å². The normalized spacial score (nSPS) is 11.4. The molecule has 7 rings (SSSR count). The zero-order valence-electron chi connectivity index (χ0n) is 18.6. The fourth-order valence-electron chi connectivity index (χ4n) is 4.44. The lowest BCUT2D eigenvalue weighted by Crippen LogP contribution is -1.96. The number of benzene rings is 4. The Bertz CT molecular complexity index is 1810. The van der Waals surface area contributed by atoms with E-state index >= 15 is 0 Å². The van der Waals surface area contributed by atoms with Gasteiger partial charge in [-0.1, -0.05) is 72.8 Å². The van der Waals surface area contributed by atoms with Crippen LogP contribution in [0.15, 0.2) is 114 Å². The third kappa shape index (κ3) is 3.33. The summed E-state index contributed by atoms with van der Waals surface area (Å²) in [5, 5.41) is 3.27. The van der Waals surface area contributed by atoms with Gasteiger partial charge in [0.2, 0.25) is 5.89 Å². The molecule has 0 unspecified atom stereocenters. The molecule has 0 atom stereocenters. The summed E-state index contributed by atoms with van der Waals surface area (Å²) in [6, 6.07) is 34.3. The molecule has 0 saturated heterocycles. The van der Waals surface area contributed by atoms with E-state index in [-0.39, 0.29) is 0 Å². The number of nitrogens with zero attached hydrogens (tertiary/aromatic N) is 4. The van der Waals surface area contributed by atoms with Crippen LogP contribution < -0.4 is 0 Å². The lowest BCUT2D eigenvalue weighted by molar-refractivity contribution is 0.617. The molecule has 0 saturated carbocycles. The molecule has 164 valence electrons. The first-order valence-corrected chi connectivity index (χ1v) is 11.4. The van der Waals surface area contributed by atoms with Crippen LogP contribution in [0.1, 0.15) is 0 Å². The van der Waals surface area contributed by atoms with E-state index in [1.165, 1.54) is 0 Å². The average Bonchev–Trinajstić information content (AvgIpc) is 3.37. The average molecular weight is 451 g/mol. The van der Waals surface area contributed by atoms with Crippen molar-refractivity contribution in [3.05, 3.63) is 109 Å². The van der Waals surface area contributed by atoms with Crippen LogP contribution in [0.25, 0.3) is 67.0 Å².